The molecule has 0 nitrogen and oxygen atoms in total. The van der Waals surface area contributed by atoms with Crippen molar-refractivity contribution in [3.63, 3.8) is 0 Å². The van der Waals surface area contributed by atoms with E-state index >= 15 is 0 Å². The minimum absolute atomic E-state index is 0.861. The van der Waals surface area contributed by atoms with Crippen LogP contribution in [-0.2, 0) is 0 Å². The van der Waals surface area contributed by atoms with E-state index in [1.54, 1.807) is 0 Å². The molecule has 0 heteroatoms. The minimum atomic E-state index is 0.861. The average molecular weight is 239 g/mol. The third kappa shape index (κ3) is 9.68. The van der Waals surface area contributed by atoms with Gasteiger partial charge in [0.1, 0.15) is 0 Å². The fourth-order valence-electron chi connectivity index (χ4n) is 2.57. The molecule has 0 aliphatic carbocycles. The first-order valence-corrected chi connectivity index (χ1v) is 8.13. The Bertz CT molecular complexity index is 135. The standard InChI is InChI=1S/C17H35/c1-5-9-10-11-12-13-14-17(8-4)15-16(6-2)7-3/h15-17H,5-14H2,1-4H3. The SMILES string of the molecule is CCCCCCCCC([CH]C(CC)CC)CC. The first kappa shape index (κ1) is 17.0. The Kier molecular flexibility index (Phi) is 12.5. The van der Waals surface area contributed by atoms with Gasteiger partial charge in [-0.25, -0.2) is 0 Å². The quantitative estimate of drug-likeness (QED) is 0.345. The van der Waals surface area contributed by atoms with Crippen molar-refractivity contribution in [2.24, 2.45) is 11.8 Å². The summed E-state index contributed by atoms with van der Waals surface area (Å²) in [6, 6.07) is 0. The van der Waals surface area contributed by atoms with Crippen molar-refractivity contribution in [1.82, 2.24) is 0 Å². The van der Waals surface area contributed by atoms with Gasteiger partial charge < -0.3 is 0 Å². The van der Waals surface area contributed by atoms with Crippen molar-refractivity contribution in [3.8, 4) is 0 Å². The van der Waals surface area contributed by atoms with E-state index < -0.39 is 0 Å². The van der Waals surface area contributed by atoms with Crippen LogP contribution in [0.4, 0.5) is 0 Å². The van der Waals surface area contributed by atoms with E-state index in [-0.39, 0.29) is 0 Å². The zero-order valence-corrected chi connectivity index (χ0v) is 12.8. The first-order valence-electron chi connectivity index (χ1n) is 8.13. The predicted molar refractivity (Wildman–Crippen MR) is 80.1 cm³/mol. The van der Waals surface area contributed by atoms with Crippen molar-refractivity contribution in [2.45, 2.75) is 91.9 Å². The van der Waals surface area contributed by atoms with Crippen molar-refractivity contribution in [2.75, 3.05) is 0 Å². The van der Waals surface area contributed by atoms with E-state index in [2.05, 4.69) is 34.1 Å². The molecule has 1 radical (unpaired) electrons. The summed E-state index contributed by atoms with van der Waals surface area (Å²) in [6.07, 6.45) is 16.6. The Hall–Kier alpha value is 0. The summed E-state index contributed by atoms with van der Waals surface area (Å²) in [6.45, 7) is 9.28. The van der Waals surface area contributed by atoms with E-state index in [9.17, 15) is 0 Å². The molecule has 0 aromatic rings. The van der Waals surface area contributed by atoms with Crippen LogP contribution in [0.25, 0.3) is 0 Å². The lowest BCUT2D eigenvalue weighted by Gasteiger charge is -2.20. The molecule has 0 aliphatic heterocycles. The normalized spacial score (nSPS) is 13.2. The summed E-state index contributed by atoms with van der Waals surface area (Å²) < 4.78 is 0. The largest absolute Gasteiger partial charge is 0.0654 e. The van der Waals surface area contributed by atoms with Crippen molar-refractivity contribution in [3.05, 3.63) is 6.42 Å². The second-order valence-corrected chi connectivity index (χ2v) is 5.49. The van der Waals surface area contributed by atoms with Gasteiger partial charge in [0, 0.05) is 0 Å². The highest BCUT2D eigenvalue weighted by atomic mass is 14.2. The lowest BCUT2D eigenvalue weighted by molar-refractivity contribution is 0.417. The second-order valence-electron chi connectivity index (χ2n) is 5.49. The second kappa shape index (κ2) is 12.5. The van der Waals surface area contributed by atoms with Gasteiger partial charge in [0.15, 0.2) is 0 Å². The highest BCUT2D eigenvalue weighted by Gasteiger charge is 2.12. The molecule has 0 rings (SSSR count). The molecule has 1 unspecified atom stereocenters. The van der Waals surface area contributed by atoms with E-state index in [0.29, 0.717) is 0 Å². The molecule has 0 saturated carbocycles. The number of rotatable bonds is 12. The number of hydrogen-bond donors (Lipinski definition) is 0. The van der Waals surface area contributed by atoms with Crippen LogP contribution in [-0.4, -0.2) is 0 Å². The summed E-state index contributed by atoms with van der Waals surface area (Å²) >= 11 is 0. The van der Waals surface area contributed by atoms with E-state index in [1.165, 1.54) is 64.2 Å². The van der Waals surface area contributed by atoms with E-state index in [1.807, 2.05) is 0 Å². The van der Waals surface area contributed by atoms with Crippen molar-refractivity contribution >= 4 is 0 Å². The van der Waals surface area contributed by atoms with E-state index in [4.69, 9.17) is 0 Å². The maximum absolute atomic E-state index is 2.64. The Morgan fingerprint density at radius 3 is 1.71 bits per heavy atom. The first-order chi connectivity index (χ1) is 8.28. The maximum Gasteiger partial charge on any atom is -0.0324 e. The molecular formula is C17H35. The molecule has 0 aromatic heterocycles. The Balaban J connectivity index is 3.53. The zero-order chi connectivity index (χ0) is 12.9. The van der Waals surface area contributed by atoms with Gasteiger partial charge >= 0.3 is 0 Å². The van der Waals surface area contributed by atoms with E-state index in [0.717, 1.165) is 11.8 Å². The van der Waals surface area contributed by atoms with Gasteiger partial charge in [0.2, 0.25) is 0 Å². The van der Waals surface area contributed by atoms with Crippen LogP contribution in [0.15, 0.2) is 0 Å². The van der Waals surface area contributed by atoms with Crippen LogP contribution in [0.1, 0.15) is 91.9 Å². The van der Waals surface area contributed by atoms with Gasteiger partial charge in [0.05, 0.1) is 0 Å². The third-order valence-electron chi connectivity index (χ3n) is 4.05. The molecule has 0 bridgehead atoms. The lowest BCUT2D eigenvalue weighted by Crippen LogP contribution is -2.08. The van der Waals surface area contributed by atoms with Crippen LogP contribution in [0, 0.1) is 18.3 Å². The molecule has 103 valence electrons. The van der Waals surface area contributed by atoms with Crippen LogP contribution < -0.4 is 0 Å². The van der Waals surface area contributed by atoms with Gasteiger partial charge in [-0.2, -0.15) is 0 Å². The molecule has 0 fully saturated rings. The summed E-state index contributed by atoms with van der Waals surface area (Å²) in [4.78, 5) is 0. The fourth-order valence-corrected chi connectivity index (χ4v) is 2.57. The van der Waals surface area contributed by atoms with Crippen molar-refractivity contribution in [1.29, 1.82) is 0 Å². The summed E-state index contributed by atoms with van der Waals surface area (Å²) in [5.74, 6) is 1.74. The van der Waals surface area contributed by atoms with Crippen molar-refractivity contribution < 1.29 is 0 Å². The molecule has 17 heavy (non-hydrogen) atoms. The van der Waals surface area contributed by atoms with Gasteiger partial charge in [-0.05, 0) is 18.3 Å². The molecule has 0 aromatic carbocycles. The smallest absolute Gasteiger partial charge is 0.0324 e. The molecule has 0 saturated heterocycles. The van der Waals surface area contributed by atoms with Crippen LogP contribution in [0.5, 0.6) is 0 Å². The summed E-state index contributed by atoms with van der Waals surface area (Å²) in [5, 5.41) is 0. The van der Waals surface area contributed by atoms with Gasteiger partial charge in [-0.15, -0.1) is 0 Å². The predicted octanol–water partition coefficient (Wildman–Crippen LogP) is 6.40. The summed E-state index contributed by atoms with van der Waals surface area (Å²) in [7, 11) is 0. The monoisotopic (exact) mass is 239 g/mol. The highest BCUT2D eigenvalue weighted by Crippen LogP contribution is 2.24. The Morgan fingerprint density at radius 1 is 0.647 bits per heavy atom. The minimum Gasteiger partial charge on any atom is -0.0654 e. The molecule has 0 heterocycles. The molecular weight excluding hydrogens is 204 g/mol. The van der Waals surface area contributed by atoms with Crippen LogP contribution in [0.3, 0.4) is 0 Å². The van der Waals surface area contributed by atoms with Crippen LogP contribution >= 0.6 is 0 Å². The number of unbranched alkanes of at least 4 members (excludes halogenated alkanes) is 5. The third-order valence-corrected chi connectivity index (χ3v) is 4.05. The van der Waals surface area contributed by atoms with Gasteiger partial charge in [0.25, 0.3) is 0 Å². The van der Waals surface area contributed by atoms with Gasteiger partial charge in [-0.3, -0.25) is 0 Å². The van der Waals surface area contributed by atoms with Crippen LogP contribution in [0.2, 0.25) is 0 Å². The molecule has 0 aliphatic rings. The Morgan fingerprint density at radius 2 is 1.18 bits per heavy atom. The molecule has 0 N–H and O–H groups in total. The topological polar surface area (TPSA) is 0 Å². The van der Waals surface area contributed by atoms with Gasteiger partial charge in [-0.1, -0.05) is 91.9 Å². The summed E-state index contributed by atoms with van der Waals surface area (Å²) in [5.41, 5.74) is 0. The molecule has 1 atom stereocenters. The lowest BCUT2D eigenvalue weighted by atomic mass is 9.86. The Labute approximate surface area is 111 Å². The maximum atomic E-state index is 2.64. The zero-order valence-electron chi connectivity index (χ0n) is 12.8. The molecule has 0 spiro atoms. The molecule has 0 amide bonds. The fraction of sp³-hybridized carbons (Fsp3) is 0.941. The highest BCUT2D eigenvalue weighted by molar-refractivity contribution is 4.81. The average Bonchev–Trinajstić information content (AvgIpc) is 2.37. The number of hydrogen-bond acceptors (Lipinski definition) is 0.